The first kappa shape index (κ1) is 109. The Kier molecular flexibility index (Phi) is 36.8. The number of carbonyl (C=O) groups is 3. The number of aromatic nitrogens is 2. The van der Waals surface area contributed by atoms with Crippen molar-refractivity contribution in [3.8, 4) is 0 Å². The topological polar surface area (TPSA) is 525 Å². The second-order valence-electron chi connectivity index (χ2n) is 33.3. The van der Waals surface area contributed by atoms with E-state index in [9.17, 15) is 101 Å². The van der Waals surface area contributed by atoms with Crippen LogP contribution in [0.2, 0.25) is 38.3 Å². The summed E-state index contributed by atoms with van der Waals surface area (Å²) >= 11 is 0. The van der Waals surface area contributed by atoms with Gasteiger partial charge in [0, 0.05) is 73.0 Å². The van der Waals surface area contributed by atoms with Crippen molar-refractivity contribution in [1.82, 2.24) is 19.1 Å². The fourth-order valence-corrected chi connectivity index (χ4v) is 44.2. The molecule has 6 aromatic rings. The van der Waals surface area contributed by atoms with E-state index in [-0.39, 0.29) is 324 Å². The predicted octanol–water partition coefficient (Wildman–Crippen LogP) is -12.5. The Hall–Kier alpha value is -2.40. The molecule has 1 spiro atoms. The summed E-state index contributed by atoms with van der Waals surface area (Å²) in [6.07, 6.45) is -0.826. The Balaban J connectivity index is 0.00000422. The van der Waals surface area contributed by atoms with Crippen LogP contribution in [-0.2, 0) is 83.3 Å². The summed E-state index contributed by atoms with van der Waals surface area (Å²) in [5.41, 5.74) is 3.80. The van der Waals surface area contributed by atoms with Gasteiger partial charge in [-0.25, -0.2) is 50.5 Å². The number of aliphatic imine (C=N–C) groups is 2. The maximum absolute atomic E-state index is 15.6. The smallest absolute Gasteiger partial charge is 1.00 e. The largest absolute Gasteiger partial charge is 1.00 e. The molecule has 0 radical (unpaired) electrons. The van der Waals surface area contributed by atoms with E-state index >= 15 is 4.79 Å². The molecule has 2 amide bonds. The monoisotopic (exact) mass is 1930 g/mol. The minimum atomic E-state index is -7.36. The van der Waals surface area contributed by atoms with Crippen molar-refractivity contribution in [1.29, 1.82) is 0 Å². The van der Waals surface area contributed by atoms with Gasteiger partial charge in [0.15, 0.2) is 0 Å². The van der Waals surface area contributed by atoms with Gasteiger partial charge in [-0.1, -0.05) is 0 Å². The number of unbranched alkanes of at least 4 members (excludes halogenated alkanes) is 1. The Morgan fingerprint density at radius 2 is 0.718 bits per heavy atom. The number of fused-ring (bicyclic) bond motifs is 12. The molecule has 12 rings (SSSR count). The fraction of sp³-hybridized carbons (Fsp3) is 0.527. The number of nitrogens with zero attached hydrogens (tertiary/aromatic N) is 10. The van der Waals surface area contributed by atoms with Crippen molar-refractivity contribution < 1.29 is 271 Å². The minimum absolute atomic E-state index is 0. The summed E-state index contributed by atoms with van der Waals surface area (Å²) in [6.45, 7) is 7.35. The quantitative estimate of drug-likeness (QED) is 0.0155. The molecule has 0 aliphatic carbocycles. The average Bonchev–Trinajstić information content (AvgIpc) is 1.33. The Morgan fingerprint density at radius 3 is 1.06 bits per heavy atom. The van der Waals surface area contributed by atoms with E-state index in [0.29, 0.717) is 109 Å². The summed E-state index contributed by atoms with van der Waals surface area (Å²) < 4.78 is 244. The molecule has 8 heterocycles. The zero-order valence-corrected chi connectivity index (χ0v) is 89.5. The zero-order chi connectivity index (χ0) is 86.3. The number of quaternary nitrogens is 2. The standard InChI is InChI=1S/C74H104N12O24S6Si3.5Na/c1-117(2,53-17-37-75-64(87)35-13-14-36-65(88)89)109-119(81-66-56-27-5-6-28-57(56)67(81)78-69-60-31-9-10-32-61(60)71(83(69)119)80-73-63-34-12-11-33-62(63)72(84(73)119)79-70-59-30-8-7-29-58(59)68(77-66)82(70)119)110-118(3,4)54-18-38-76-74(90)55(25-15-39-85(41-19-47-111(91,92)93,42-20-48-112(94,95)96)43-21-49-113(97,98)99)26-16-40-86(44-22-50-114(100,101)102,45-23-51-115(103,104)105)46-24-52-116(106,107)108;;;;;/h5-12,27-34,55H,13-26,35-54H2,1-4H3,(H7-2,75,76,87,88,89,90,91,92,93,94,95,96,97,98,99,100,101,102,103,104,105,106,107,108);;;;;/q;5*+1/p-5. The molecule has 0 fully saturated rings. The minimum Gasteiger partial charge on any atom is 1.00 e. The summed E-state index contributed by atoms with van der Waals surface area (Å²) in [5.74, 6) is -5.59. The van der Waals surface area contributed by atoms with Gasteiger partial charge in [0.05, 0.1) is 100.0 Å². The molecule has 0 saturated carbocycles. The second kappa shape index (κ2) is 42.0. The number of benzene rings is 4. The van der Waals surface area contributed by atoms with Gasteiger partial charge in [-0.2, -0.15) is 0 Å². The van der Waals surface area contributed by atoms with Crippen LogP contribution in [0.1, 0.15) is 125 Å². The van der Waals surface area contributed by atoms with Crippen LogP contribution in [0.15, 0.2) is 117 Å². The van der Waals surface area contributed by atoms with Crippen molar-refractivity contribution in [3.05, 3.63) is 130 Å². The molecule has 124 heavy (non-hydrogen) atoms. The number of carboxylic acids is 1. The van der Waals surface area contributed by atoms with Crippen molar-refractivity contribution in [2.45, 2.75) is 141 Å². The van der Waals surface area contributed by atoms with Crippen LogP contribution in [0.4, 0.5) is 11.6 Å². The molecule has 50 heteroatoms. The maximum Gasteiger partial charge on any atom is 1.00 e. The van der Waals surface area contributed by atoms with Crippen LogP contribution in [0.25, 0.3) is 21.5 Å². The van der Waals surface area contributed by atoms with E-state index in [1.54, 1.807) is 0 Å². The first-order valence-electron chi connectivity index (χ1n) is 39.9. The number of hydrogen-bond acceptors (Lipinski definition) is 28. The molecule has 36 nitrogen and oxygen atoms in total. The van der Waals surface area contributed by atoms with Crippen LogP contribution in [0.3, 0.4) is 0 Å². The molecule has 6 aliphatic rings. The fourth-order valence-electron chi connectivity index (χ4n) is 19.1. The van der Waals surface area contributed by atoms with E-state index in [1.165, 1.54) is 0 Å². The number of hydrogen-bond donors (Lipinski definition) is 2. The summed E-state index contributed by atoms with van der Waals surface area (Å²) in [4.78, 5) is 63.5. The van der Waals surface area contributed by atoms with Crippen molar-refractivity contribution in [2.75, 3.05) is 100.0 Å². The number of aliphatic carboxylic acids is 1. The molecular weight excluding hydrogens is 1830 g/mol. The van der Waals surface area contributed by atoms with Gasteiger partial charge in [-0.3, -0.25) is 0 Å². The number of carbonyl (C=O) groups excluding carboxylic acids is 3. The van der Waals surface area contributed by atoms with Gasteiger partial charge < -0.3 is 37.2 Å². The number of nitrogens with one attached hydrogen (secondary N) is 2. The number of amidine groups is 4. The van der Waals surface area contributed by atoms with Gasteiger partial charge in [0.1, 0.15) is 0 Å². The normalized spacial score (nSPS) is 16.3. The third kappa shape index (κ3) is 23.7. The van der Waals surface area contributed by atoms with E-state index in [0.717, 1.165) is 0 Å². The number of carboxylic acid groups (broad SMARTS) is 1. The summed E-state index contributed by atoms with van der Waals surface area (Å²) in [6, 6.07) is 32.0. The van der Waals surface area contributed by atoms with E-state index < -0.39 is 137 Å². The van der Waals surface area contributed by atoms with Crippen molar-refractivity contribution >= 4 is 159 Å². The third-order valence-electron chi connectivity index (χ3n) is 23.6. The van der Waals surface area contributed by atoms with Gasteiger partial charge in [-0.15, -0.1) is 0 Å². The molecule has 652 valence electrons. The van der Waals surface area contributed by atoms with Crippen LogP contribution in [0.5, 0.6) is 0 Å². The molecule has 0 saturated heterocycles. The van der Waals surface area contributed by atoms with E-state index in [4.69, 9.17) is 20.0 Å². The molecular formula is C74H99N12Na5O24S6Si3. The van der Waals surface area contributed by atoms with Gasteiger partial charge in [0.25, 0.3) is 0 Å². The van der Waals surface area contributed by atoms with Gasteiger partial charge in [0.2, 0.25) is 0 Å². The van der Waals surface area contributed by atoms with Gasteiger partial charge in [-0.05, 0) is 0 Å². The Bertz CT molecular complexity index is 5620. The molecule has 0 atom stereocenters. The van der Waals surface area contributed by atoms with Crippen molar-refractivity contribution in [3.63, 3.8) is 0 Å². The molecule has 2 aromatic heterocycles. The first-order chi connectivity index (χ1) is 55.7. The molecule has 4 aromatic carbocycles. The Morgan fingerprint density at radius 1 is 0.411 bits per heavy atom. The van der Waals surface area contributed by atoms with Crippen LogP contribution in [0, 0.1) is 5.92 Å². The SMILES string of the molecule is C[Si](C)(CCCNC(=O)CCCCC(=O)[O-])O[Si-2]123(O[Si](C)(C)CCCNC(=O)C(CCC[N+](CCCS(=O)(=O)[O-])(CCCS(=O)(=O)[O-])CCCS(=O)(=O)[O-])CCC[N+](CCCS(=O)(=O)[O-])(CCCS(=O)(=O)[O-])CCCS(=O)(=O)[O-])n4c5c6ccccc6c4N=C4c6ccccc6C(=[N+]41)N=c1c4ccccc4c(n12)=NC1=[N+]3C(=N5)c2ccccc21.[Na+].[Na+].[Na+].[Na+].[Na+]. The van der Waals surface area contributed by atoms with Crippen molar-refractivity contribution in [2.24, 2.45) is 25.9 Å². The van der Waals surface area contributed by atoms with Crippen LogP contribution >= 0.6 is 0 Å². The predicted molar refractivity (Wildman–Crippen MR) is 439 cm³/mol. The van der Waals surface area contributed by atoms with E-state index in [2.05, 4.69) is 53.8 Å². The second-order valence-corrected chi connectivity index (χ2v) is 56.7. The molecule has 6 aliphatic heterocycles. The molecule has 2 N–H and O–H groups in total. The number of amides is 2. The molecule has 0 unspecified atom stereocenters. The summed E-state index contributed by atoms with van der Waals surface area (Å²) in [5, 5.41) is 20.4. The average molecular weight is 1930 g/mol. The summed E-state index contributed by atoms with van der Waals surface area (Å²) in [7, 11) is -43.9. The van der Waals surface area contributed by atoms with Gasteiger partial charge >= 0.3 is 586 Å². The molecule has 0 bridgehead atoms. The third-order valence-corrected chi connectivity index (χ3v) is 45.0. The van der Waals surface area contributed by atoms with Crippen LogP contribution in [-0.4, -0.2) is 269 Å². The van der Waals surface area contributed by atoms with Crippen LogP contribution < -0.4 is 175 Å². The first-order valence-corrected chi connectivity index (χ1v) is 58.2. The number of rotatable bonds is 50. The maximum atomic E-state index is 15.6. The van der Waals surface area contributed by atoms with E-state index in [1.807, 2.05) is 97.1 Å². The zero-order valence-electron chi connectivity index (χ0n) is 71.6. The Labute approximate surface area is 835 Å².